The fourth-order valence-corrected chi connectivity index (χ4v) is 3.78. The number of amides is 1. The summed E-state index contributed by atoms with van der Waals surface area (Å²) in [5.74, 6) is -0.235. The van der Waals surface area contributed by atoms with Crippen molar-refractivity contribution in [1.82, 2.24) is 15.6 Å². The minimum absolute atomic E-state index is 0.0301. The highest BCUT2D eigenvalue weighted by Gasteiger charge is 2.41. The van der Waals surface area contributed by atoms with Crippen LogP contribution in [0.2, 0.25) is 0 Å². The molecule has 1 fully saturated rings. The van der Waals surface area contributed by atoms with E-state index in [9.17, 15) is 27.2 Å². The van der Waals surface area contributed by atoms with Gasteiger partial charge in [-0.25, -0.2) is 4.39 Å². The highest BCUT2D eigenvalue weighted by atomic mass is 19.4. The molecule has 194 valence electrons. The number of carbonyl (C=O) groups excluding carboxylic acids is 2. The summed E-state index contributed by atoms with van der Waals surface area (Å²) in [6, 6.07) is 12.0. The number of halogens is 4. The molecule has 0 bridgehead atoms. The van der Waals surface area contributed by atoms with E-state index in [1.165, 1.54) is 19.3 Å². The van der Waals surface area contributed by atoms with Crippen LogP contribution < -0.4 is 20.7 Å². The third-order valence-electron chi connectivity index (χ3n) is 5.76. The fraction of sp³-hybridized carbons (Fsp3) is 0.269. The predicted molar refractivity (Wildman–Crippen MR) is 128 cm³/mol. The molecule has 0 saturated carbocycles. The average molecular weight is 516 g/mol. The van der Waals surface area contributed by atoms with Crippen LogP contribution in [0.4, 0.5) is 23.2 Å². The molecule has 11 heteroatoms. The van der Waals surface area contributed by atoms with Crippen LogP contribution in [0.1, 0.15) is 34.5 Å². The molecule has 3 aromatic rings. The van der Waals surface area contributed by atoms with Crippen LogP contribution in [0.15, 0.2) is 60.8 Å². The smallest absolute Gasteiger partial charge is 0.416 e. The number of aryl methyl sites for hydroxylation is 1. The first-order valence-electron chi connectivity index (χ1n) is 11.5. The minimum atomic E-state index is -4.55. The number of ketones is 1. The van der Waals surface area contributed by atoms with Crippen LogP contribution in [0, 0.1) is 5.82 Å². The minimum Gasteiger partial charge on any atom is -0.457 e. The van der Waals surface area contributed by atoms with Crippen molar-refractivity contribution >= 4 is 17.4 Å². The van der Waals surface area contributed by atoms with Gasteiger partial charge in [0.2, 0.25) is 0 Å². The number of benzene rings is 2. The van der Waals surface area contributed by atoms with Crippen LogP contribution in [0.25, 0.3) is 0 Å². The first kappa shape index (κ1) is 26.1. The van der Waals surface area contributed by atoms with E-state index in [0.717, 1.165) is 12.1 Å². The molecule has 1 amide bonds. The molecule has 1 aliphatic rings. The molecule has 1 saturated heterocycles. The zero-order chi connectivity index (χ0) is 26.6. The van der Waals surface area contributed by atoms with E-state index in [-0.39, 0.29) is 48.4 Å². The Hall–Kier alpha value is -3.99. The van der Waals surface area contributed by atoms with E-state index in [2.05, 4.69) is 20.9 Å². The molecule has 0 radical (unpaired) electrons. The standard InChI is InChI=1S/C26H24F4N4O3/c1-31-25(36)21-14-19(10-11-32-21)37-18-6-3-5-17(13-18)33-24-23(34-24)22(35)7-2-4-15-12-16(26(28,29)30)8-9-20(15)27/h3,5-6,8-14,23-24,33-34H,2,4,7H2,1H3,(H,31,36). The topological polar surface area (TPSA) is 102 Å². The largest absolute Gasteiger partial charge is 0.457 e. The predicted octanol–water partition coefficient (Wildman–Crippen LogP) is 4.69. The number of pyridine rings is 1. The molecule has 4 rings (SSSR count). The molecule has 2 aromatic carbocycles. The van der Waals surface area contributed by atoms with Crippen molar-refractivity contribution in [2.75, 3.05) is 12.4 Å². The Balaban J connectivity index is 1.27. The van der Waals surface area contributed by atoms with Gasteiger partial charge in [-0.1, -0.05) is 6.07 Å². The third-order valence-corrected chi connectivity index (χ3v) is 5.76. The summed E-state index contributed by atoms with van der Waals surface area (Å²) >= 11 is 0. The van der Waals surface area contributed by atoms with Crippen LogP contribution in [0.5, 0.6) is 11.5 Å². The second kappa shape index (κ2) is 11.0. The molecule has 1 aromatic heterocycles. The van der Waals surface area contributed by atoms with Crippen molar-refractivity contribution in [3.05, 3.63) is 83.4 Å². The zero-order valence-corrected chi connectivity index (χ0v) is 19.7. The van der Waals surface area contributed by atoms with E-state index in [1.54, 1.807) is 30.3 Å². The monoisotopic (exact) mass is 516 g/mol. The number of carbonyl (C=O) groups is 2. The van der Waals surface area contributed by atoms with Gasteiger partial charge in [-0.3, -0.25) is 19.9 Å². The van der Waals surface area contributed by atoms with Crippen LogP contribution in [0.3, 0.4) is 0 Å². The van der Waals surface area contributed by atoms with E-state index < -0.39 is 23.6 Å². The van der Waals surface area contributed by atoms with Gasteiger partial charge < -0.3 is 15.4 Å². The number of aromatic nitrogens is 1. The number of hydrogen-bond acceptors (Lipinski definition) is 6. The summed E-state index contributed by atoms with van der Waals surface area (Å²) in [6.45, 7) is 0. The van der Waals surface area contributed by atoms with Gasteiger partial charge in [0.1, 0.15) is 35.2 Å². The summed E-state index contributed by atoms with van der Waals surface area (Å²) in [5, 5.41) is 8.70. The quantitative estimate of drug-likeness (QED) is 0.267. The van der Waals surface area contributed by atoms with Crippen LogP contribution >= 0.6 is 0 Å². The normalized spacial score (nSPS) is 16.7. The van der Waals surface area contributed by atoms with Gasteiger partial charge in [-0.15, -0.1) is 0 Å². The molecule has 1 aliphatic heterocycles. The van der Waals surface area contributed by atoms with E-state index in [0.29, 0.717) is 23.3 Å². The number of hydrogen-bond donors (Lipinski definition) is 3. The molecule has 7 nitrogen and oxygen atoms in total. The molecule has 2 atom stereocenters. The Bertz CT molecular complexity index is 1300. The molecule has 0 aliphatic carbocycles. The Morgan fingerprint density at radius 1 is 1.08 bits per heavy atom. The lowest BCUT2D eigenvalue weighted by molar-refractivity contribution is -0.137. The average Bonchev–Trinajstić information content (AvgIpc) is 3.63. The van der Waals surface area contributed by atoms with Crippen LogP contribution in [-0.4, -0.2) is 35.9 Å². The van der Waals surface area contributed by atoms with Crippen molar-refractivity contribution in [3.8, 4) is 11.5 Å². The highest BCUT2D eigenvalue weighted by molar-refractivity contribution is 5.92. The maximum Gasteiger partial charge on any atom is 0.416 e. The number of anilines is 1. The maximum atomic E-state index is 13.9. The first-order chi connectivity index (χ1) is 17.6. The Labute approximate surface area is 210 Å². The van der Waals surface area contributed by atoms with E-state index >= 15 is 0 Å². The number of alkyl halides is 3. The van der Waals surface area contributed by atoms with Gasteiger partial charge in [0, 0.05) is 37.5 Å². The lowest BCUT2D eigenvalue weighted by atomic mass is 10.0. The van der Waals surface area contributed by atoms with Gasteiger partial charge >= 0.3 is 6.18 Å². The van der Waals surface area contributed by atoms with Crippen LogP contribution in [-0.2, 0) is 17.4 Å². The number of ether oxygens (including phenoxy) is 1. The van der Waals surface area contributed by atoms with Gasteiger partial charge in [-0.2, -0.15) is 13.2 Å². The Morgan fingerprint density at radius 2 is 1.86 bits per heavy atom. The number of Topliss-reactive ketones (excluding diaryl/α,β-unsaturated/α-hetero) is 1. The molecular weight excluding hydrogens is 492 g/mol. The van der Waals surface area contributed by atoms with Gasteiger partial charge in [0.15, 0.2) is 5.78 Å². The molecule has 2 heterocycles. The van der Waals surface area contributed by atoms with E-state index in [4.69, 9.17) is 4.74 Å². The van der Waals surface area contributed by atoms with Gasteiger partial charge in [0.05, 0.1) is 5.56 Å². The maximum absolute atomic E-state index is 13.9. The van der Waals surface area contributed by atoms with Crippen molar-refractivity contribution < 1.29 is 31.9 Å². The summed E-state index contributed by atoms with van der Waals surface area (Å²) in [4.78, 5) is 28.2. The second-order valence-corrected chi connectivity index (χ2v) is 8.48. The summed E-state index contributed by atoms with van der Waals surface area (Å²) in [5.41, 5.74) is -0.0644. The number of nitrogens with zero attached hydrogens (tertiary/aromatic N) is 1. The second-order valence-electron chi connectivity index (χ2n) is 8.48. The first-order valence-corrected chi connectivity index (χ1v) is 11.5. The van der Waals surface area contributed by atoms with Crippen molar-refractivity contribution in [2.24, 2.45) is 0 Å². The molecule has 3 N–H and O–H groups in total. The van der Waals surface area contributed by atoms with Crippen molar-refractivity contribution in [3.63, 3.8) is 0 Å². The van der Waals surface area contributed by atoms with Crippen molar-refractivity contribution in [2.45, 2.75) is 37.6 Å². The summed E-state index contributed by atoms with van der Waals surface area (Å²) in [7, 11) is 1.51. The van der Waals surface area contributed by atoms with Gasteiger partial charge in [0.25, 0.3) is 5.91 Å². The lowest BCUT2D eigenvalue weighted by Crippen LogP contribution is -2.18. The number of nitrogens with one attached hydrogen (secondary N) is 3. The Kier molecular flexibility index (Phi) is 7.72. The SMILES string of the molecule is CNC(=O)c1cc(Oc2cccc(NC3NC3C(=O)CCCc3cc(C(F)(F)F)ccc3F)c2)ccn1. The third kappa shape index (κ3) is 6.82. The summed E-state index contributed by atoms with van der Waals surface area (Å²) < 4.78 is 58.3. The van der Waals surface area contributed by atoms with Gasteiger partial charge in [-0.05, 0) is 54.8 Å². The molecule has 2 unspecified atom stereocenters. The highest BCUT2D eigenvalue weighted by Crippen LogP contribution is 2.31. The lowest BCUT2D eigenvalue weighted by Gasteiger charge is -2.10. The molecule has 0 spiro atoms. The zero-order valence-electron chi connectivity index (χ0n) is 19.7. The fourth-order valence-electron chi connectivity index (χ4n) is 3.78. The summed E-state index contributed by atoms with van der Waals surface area (Å²) in [6.07, 6.45) is -3.03. The number of rotatable bonds is 10. The molecular formula is C26H24F4N4O3. The van der Waals surface area contributed by atoms with E-state index in [1.807, 2.05) is 0 Å². The Morgan fingerprint density at radius 3 is 2.62 bits per heavy atom. The molecule has 37 heavy (non-hydrogen) atoms. The van der Waals surface area contributed by atoms with Crippen molar-refractivity contribution in [1.29, 1.82) is 0 Å².